The SMILES string of the molecule is C#Cc1cccc(Nc2ncnc3cc(OCCOC)c(NC(=O)c4ccc(C)c([N+](=O)[O-])c4)cc23)c1. The van der Waals surface area contributed by atoms with Crippen LogP contribution in [0.1, 0.15) is 21.5 Å². The molecule has 10 nitrogen and oxygen atoms in total. The minimum absolute atomic E-state index is 0.133. The van der Waals surface area contributed by atoms with E-state index in [0.29, 0.717) is 45.9 Å². The van der Waals surface area contributed by atoms with Crippen LogP contribution in [0.15, 0.2) is 60.9 Å². The highest BCUT2D eigenvalue weighted by Gasteiger charge is 2.18. The Morgan fingerprint density at radius 2 is 1.97 bits per heavy atom. The normalized spacial score (nSPS) is 10.5. The first-order chi connectivity index (χ1) is 17.9. The van der Waals surface area contributed by atoms with E-state index in [9.17, 15) is 14.9 Å². The molecule has 0 saturated heterocycles. The van der Waals surface area contributed by atoms with Crippen molar-refractivity contribution in [1.29, 1.82) is 0 Å². The number of benzene rings is 3. The number of hydrogen-bond acceptors (Lipinski definition) is 8. The smallest absolute Gasteiger partial charge is 0.273 e. The number of methoxy groups -OCH3 is 1. The van der Waals surface area contributed by atoms with Gasteiger partial charge in [-0.05, 0) is 37.3 Å². The first-order valence-electron chi connectivity index (χ1n) is 11.2. The number of nitrogens with zero attached hydrogens (tertiary/aromatic N) is 3. The standard InChI is InChI=1S/C27H23N5O5/c1-4-18-6-5-7-20(12-18)30-26-21-14-23(25(37-11-10-36-3)15-22(21)28-16-29-26)31-27(33)19-9-8-17(2)24(13-19)32(34)35/h1,5-9,12-16H,10-11H2,2-3H3,(H,31,33)(H,28,29,30). The third-order valence-corrected chi connectivity index (χ3v) is 5.49. The van der Waals surface area contributed by atoms with E-state index < -0.39 is 10.8 Å². The van der Waals surface area contributed by atoms with Crippen molar-refractivity contribution in [2.75, 3.05) is 31.0 Å². The predicted octanol–water partition coefficient (Wildman–Crippen LogP) is 4.85. The van der Waals surface area contributed by atoms with Crippen LogP contribution in [0.2, 0.25) is 0 Å². The fourth-order valence-corrected chi connectivity index (χ4v) is 3.60. The van der Waals surface area contributed by atoms with Gasteiger partial charge in [0.15, 0.2) is 0 Å². The number of anilines is 3. The summed E-state index contributed by atoms with van der Waals surface area (Å²) in [5.41, 5.74) is 2.79. The van der Waals surface area contributed by atoms with Crippen LogP contribution in [0.3, 0.4) is 0 Å². The predicted molar refractivity (Wildman–Crippen MR) is 140 cm³/mol. The van der Waals surface area contributed by atoms with Gasteiger partial charge in [-0.2, -0.15) is 0 Å². The van der Waals surface area contributed by atoms with Crippen molar-refractivity contribution in [2.45, 2.75) is 6.92 Å². The van der Waals surface area contributed by atoms with Crippen molar-refractivity contribution < 1.29 is 19.2 Å². The van der Waals surface area contributed by atoms with Gasteiger partial charge in [0, 0.05) is 47.0 Å². The molecule has 1 heterocycles. The number of nitro groups is 1. The lowest BCUT2D eigenvalue weighted by molar-refractivity contribution is -0.385. The molecule has 10 heteroatoms. The van der Waals surface area contributed by atoms with Crippen molar-refractivity contribution in [3.63, 3.8) is 0 Å². The largest absolute Gasteiger partial charge is 0.489 e. The van der Waals surface area contributed by atoms with E-state index >= 15 is 0 Å². The molecule has 0 saturated carbocycles. The maximum atomic E-state index is 13.1. The Bertz CT molecular complexity index is 1530. The number of ether oxygens (including phenoxy) is 2. The first-order valence-corrected chi connectivity index (χ1v) is 11.2. The lowest BCUT2D eigenvalue weighted by Crippen LogP contribution is -2.14. The molecule has 4 rings (SSSR count). The number of carbonyl (C=O) groups excluding carboxylic acids is 1. The Morgan fingerprint density at radius 1 is 1.14 bits per heavy atom. The second kappa shape index (κ2) is 11.2. The van der Waals surface area contributed by atoms with Gasteiger partial charge in [-0.1, -0.05) is 18.1 Å². The minimum atomic E-state index is -0.535. The van der Waals surface area contributed by atoms with Crippen LogP contribution in [-0.4, -0.2) is 41.1 Å². The molecule has 1 amide bonds. The molecule has 0 unspecified atom stereocenters. The molecule has 0 aliphatic heterocycles. The second-order valence-electron chi connectivity index (χ2n) is 7.99. The summed E-state index contributed by atoms with van der Waals surface area (Å²) in [5, 5.41) is 18.0. The lowest BCUT2D eigenvalue weighted by atomic mass is 10.1. The van der Waals surface area contributed by atoms with Gasteiger partial charge in [0.2, 0.25) is 0 Å². The summed E-state index contributed by atoms with van der Waals surface area (Å²) in [7, 11) is 1.55. The second-order valence-corrected chi connectivity index (χ2v) is 7.99. The highest BCUT2D eigenvalue weighted by molar-refractivity contribution is 6.07. The summed E-state index contributed by atoms with van der Waals surface area (Å²) >= 11 is 0. The molecule has 0 aliphatic rings. The van der Waals surface area contributed by atoms with Gasteiger partial charge >= 0.3 is 0 Å². The number of terminal acetylenes is 1. The molecule has 4 aromatic rings. The minimum Gasteiger partial charge on any atom is -0.489 e. The van der Waals surface area contributed by atoms with Crippen LogP contribution in [0.4, 0.5) is 22.9 Å². The summed E-state index contributed by atoms with van der Waals surface area (Å²) < 4.78 is 10.9. The third kappa shape index (κ3) is 5.80. The third-order valence-electron chi connectivity index (χ3n) is 5.49. The van der Waals surface area contributed by atoms with E-state index in [-0.39, 0.29) is 17.9 Å². The molecule has 3 aromatic carbocycles. The summed E-state index contributed by atoms with van der Waals surface area (Å²) in [6.45, 7) is 2.17. The lowest BCUT2D eigenvalue weighted by Gasteiger charge is -2.15. The Morgan fingerprint density at radius 3 is 2.73 bits per heavy atom. The van der Waals surface area contributed by atoms with Gasteiger partial charge in [-0.15, -0.1) is 6.42 Å². The molecule has 186 valence electrons. The van der Waals surface area contributed by atoms with Gasteiger partial charge in [0.05, 0.1) is 22.7 Å². The number of fused-ring (bicyclic) bond motifs is 1. The number of amides is 1. The molecule has 0 atom stereocenters. The summed E-state index contributed by atoms with van der Waals surface area (Å²) in [4.78, 5) is 32.6. The monoisotopic (exact) mass is 497 g/mol. The van der Waals surface area contributed by atoms with E-state index in [0.717, 1.165) is 5.69 Å². The summed E-state index contributed by atoms with van der Waals surface area (Å²) in [6, 6.07) is 15.0. The zero-order chi connectivity index (χ0) is 26.4. The van der Waals surface area contributed by atoms with Crippen LogP contribution in [-0.2, 0) is 4.74 Å². The van der Waals surface area contributed by atoms with Crippen LogP contribution < -0.4 is 15.4 Å². The number of rotatable bonds is 9. The zero-order valence-corrected chi connectivity index (χ0v) is 20.1. The highest BCUT2D eigenvalue weighted by Crippen LogP contribution is 2.34. The quantitative estimate of drug-likeness (QED) is 0.145. The molecular weight excluding hydrogens is 474 g/mol. The molecule has 37 heavy (non-hydrogen) atoms. The van der Waals surface area contributed by atoms with E-state index in [1.54, 1.807) is 26.2 Å². The molecule has 0 aliphatic carbocycles. The van der Waals surface area contributed by atoms with Crippen LogP contribution in [0.5, 0.6) is 5.75 Å². The summed E-state index contributed by atoms with van der Waals surface area (Å²) in [5.74, 6) is 2.91. The van der Waals surface area contributed by atoms with Crippen molar-refractivity contribution in [3.8, 4) is 18.1 Å². The molecule has 0 radical (unpaired) electrons. The van der Waals surface area contributed by atoms with Gasteiger partial charge in [0.25, 0.3) is 11.6 Å². The molecule has 2 N–H and O–H groups in total. The number of aryl methyl sites for hydroxylation is 1. The maximum Gasteiger partial charge on any atom is 0.273 e. The van der Waals surface area contributed by atoms with E-state index in [1.165, 1.54) is 24.5 Å². The fraction of sp³-hybridized carbons (Fsp3) is 0.148. The molecular formula is C27H23N5O5. The van der Waals surface area contributed by atoms with E-state index in [4.69, 9.17) is 15.9 Å². The number of aromatic nitrogens is 2. The summed E-state index contributed by atoms with van der Waals surface area (Å²) in [6.07, 6.45) is 6.93. The van der Waals surface area contributed by atoms with Gasteiger partial charge in [0.1, 0.15) is 24.5 Å². The number of nitro benzene ring substituents is 1. The maximum absolute atomic E-state index is 13.1. The Hall–Kier alpha value is -5.01. The topological polar surface area (TPSA) is 129 Å². The van der Waals surface area contributed by atoms with Crippen molar-refractivity contribution in [3.05, 3.63) is 87.7 Å². The highest BCUT2D eigenvalue weighted by atomic mass is 16.6. The molecule has 0 spiro atoms. The Balaban J connectivity index is 1.73. The van der Waals surface area contributed by atoms with E-state index in [1.807, 2.05) is 24.3 Å². The Kier molecular flexibility index (Phi) is 7.56. The fourth-order valence-electron chi connectivity index (χ4n) is 3.60. The van der Waals surface area contributed by atoms with Crippen molar-refractivity contribution >= 4 is 39.7 Å². The average Bonchev–Trinajstić information content (AvgIpc) is 2.89. The molecule has 0 bridgehead atoms. The van der Waals surface area contributed by atoms with Gasteiger partial charge in [-0.25, -0.2) is 9.97 Å². The number of hydrogen-bond donors (Lipinski definition) is 2. The van der Waals surface area contributed by atoms with Crippen LogP contribution >= 0.6 is 0 Å². The van der Waals surface area contributed by atoms with Gasteiger partial charge < -0.3 is 20.1 Å². The molecule has 1 aromatic heterocycles. The number of carbonyl (C=O) groups is 1. The van der Waals surface area contributed by atoms with Gasteiger partial charge in [-0.3, -0.25) is 14.9 Å². The molecule has 0 fully saturated rings. The van der Waals surface area contributed by atoms with Crippen molar-refractivity contribution in [1.82, 2.24) is 9.97 Å². The number of nitrogens with one attached hydrogen (secondary N) is 2. The van der Waals surface area contributed by atoms with Crippen molar-refractivity contribution in [2.24, 2.45) is 0 Å². The zero-order valence-electron chi connectivity index (χ0n) is 20.1. The van der Waals surface area contributed by atoms with Crippen LogP contribution in [0.25, 0.3) is 10.9 Å². The Labute approximate surface area is 212 Å². The first kappa shape index (κ1) is 25.1. The van der Waals surface area contributed by atoms with Crippen LogP contribution in [0, 0.1) is 29.4 Å². The average molecular weight is 498 g/mol. The van der Waals surface area contributed by atoms with E-state index in [2.05, 4.69) is 26.5 Å².